The van der Waals surface area contributed by atoms with E-state index in [0.717, 1.165) is 99.8 Å². The summed E-state index contributed by atoms with van der Waals surface area (Å²) in [4.78, 5) is 10.4. The molecule has 11 rings (SSSR count). The van der Waals surface area contributed by atoms with Crippen molar-refractivity contribution in [1.82, 2.24) is 14.5 Å². The Bertz CT molecular complexity index is 3210. The molecule has 4 heteroatoms. The molecule has 0 radical (unpaired) electrons. The Kier molecular flexibility index (Phi) is 6.82. The fraction of sp³-hybridized carbons (Fsp3) is 0. The van der Waals surface area contributed by atoms with Crippen LogP contribution in [0.1, 0.15) is 0 Å². The van der Waals surface area contributed by atoms with Crippen molar-refractivity contribution in [2.75, 3.05) is 0 Å². The van der Waals surface area contributed by atoms with Crippen LogP contribution >= 0.6 is 0 Å². The SMILES string of the molecule is c1ccc(-c2nc3ccccc3c3c(-c4cccc(-c5cccc(-n6c(-c7ccccc7)nc7ccccc76)c5)c4)c4c(cc23)oc2ccccc24)cc1. The Morgan fingerprint density at radius 1 is 0.389 bits per heavy atom. The molecule has 0 fully saturated rings. The molecule has 3 heterocycles. The summed E-state index contributed by atoms with van der Waals surface area (Å²) in [5.41, 5.74) is 13.4. The first-order valence-electron chi connectivity index (χ1n) is 18.2. The number of hydrogen-bond donors (Lipinski definition) is 0. The van der Waals surface area contributed by atoms with E-state index >= 15 is 0 Å². The van der Waals surface area contributed by atoms with Crippen molar-refractivity contribution in [3.63, 3.8) is 0 Å². The van der Waals surface area contributed by atoms with Gasteiger partial charge in [0.25, 0.3) is 0 Å². The molecule has 0 saturated carbocycles. The molecule has 0 amide bonds. The molecule has 0 aliphatic heterocycles. The third kappa shape index (κ3) is 4.78. The Labute approximate surface area is 311 Å². The zero-order valence-electron chi connectivity index (χ0n) is 29.1. The molecular weight excluding hydrogens is 659 g/mol. The lowest BCUT2D eigenvalue weighted by atomic mass is 9.88. The lowest BCUT2D eigenvalue weighted by Gasteiger charge is -2.16. The van der Waals surface area contributed by atoms with Gasteiger partial charge in [-0.15, -0.1) is 0 Å². The van der Waals surface area contributed by atoms with Crippen LogP contribution in [0.3, 0.4) is 0 Å². The van der Waals surface area contributed by atoms with Gasteiger partial charge >= 0.3 is 0 Å². The summed E-state index contributed by atoms with van der Waals surface area (Å²) in [6, 6.07) is 66.0. The molecular formula is C50H31N3O. The number of para-hydroxylation sites is 4. The first-order chi connectivity index (χ1) is 26.8. The van der Waals surface area contributed by atoms with E-state index < -0.39 is 0 Å². The van der Waals surface area contributed by atoms with Crippen molar-refractivity contribution >= 4 is 54.6 Å². The Hall–Kier alpha value is -7.30. The maximum atomic E-state index is 6.64. The number of aromatic nitrogens is 3. The fourth-order valence-corrected chi connectivity index (χ4v) is 8.17. The highest BCUT2D eigenvalue weighted by Crippen LogP contribution is 2.46. The number of benzene rings is 8. The molecule has 0 saturated heterocycles. The monoisotopic (exact) mass is 689 g/mol. The number of hydrogen-bond acceptors (Lipinski definition) is 3. The van der Waals surface area contributed by atoms with E-state index in [4.69, 9.17) is 14.4 Å². The van der Waals surface area contributed by atoms with Crippen molar-refractivity contribution in [2.24, 2.45) is 0 Å². The highest BCUT2D eigenvalue weighted by molar-refractivity contribution is 6.27. The summed E-state index contributed by atoms with van der Waals surface area (Å²) in [5.74, 6) is 0.919. The first kappa shape index (κ1) is 30.3. The van der Waals surface area contributed by atoms with Crippen LogP contribution in [0.4, 0.5) is 0 Å². The Morgan fingerprint density at radius 3 is 1.85 bits per heavy atom. The molecule has 0 atom stereocenters. The van der Waals surface area contributed by atoms with Gasteiger partial charge in [0.15, 0.2) is 0 Å². The van der Waals surface area contributed by atoms with Crippen LogP contribution in [0.5, 0.6) is 0 Å². The normalized spacial score (nSPS) is 11.7. The van der Waals surface area contributed by atoms with Crippen LogP contribution in [0.25, 0.3) is 105 Å². The standard InChI is InChI=1S/C50H31N3O/c1-3-15-32(16-4-1)49-40-31-45-48(39-24-8-12-28-44(39)54-45)46(47(40)38-23-7-9-25-41(38)51-49)36-21-13-19-34(29-36)35-20-14-22-37(30-35)53-43-27-11-10-26-42(43)52-50(53)33-17-5-2-6-18-33/h1-31H. The Balaban J connectivity index is 1.18. The van der Waals surface area contributed by atoms with Gasteiger partial charge in [0.1, 0.15) is 17.0 Å². The number of fused-ring (bicyclic) bond motifs is 7. The number of imidazole rings is 1. The molecule has 0 aliphatic carbocycles. The van der Waals surface area contributed by atoms with E-state index in [1.54, 1.807) is 0 Å². The number of rotatable bonds is 5. The highest BCUT2D eigenvalue weighted by Gasteiger charge is 2.22. The number of pyridine rings is 1. The van der Waals surface area contributed by atoms with E-state index in [9.17, 15) is 0 Å². The van der Waals surface area contributed by atoms with Crippen molar-refractivity contribution in [3.8, 4) is 50.6 Å². The summed E-state index contributed by atoms with van der Waals surface area (Å²) in [6.45, 7) is 0. The summed E-state index contributed by atoms with van der Waals surface area (Å²) in [7, 11) is 0. The summed E-state index contributed by atoms with van der Waals surface area (Å²) in [6.07, 6.45) is 0. The van der Waals surface area contributed by atoms with Crippen molar-refractivity contribution < 1.29 is 4.42 Å². The van der Waals surface area contributed by atoms with Gasteiger partial charge in [-0.05, 0) is 65.2 Å². The Morgan fingerprint density at radius 2 is 1.02 bits per heavy atom. The van der Waals surface area contributed by atoms with Gasteiger partial charge in [0.05, 0.1) is 22.2 Å². The number of furan rings is 1. The molecule has 4 nitrogen and oxygen atoms in total. The van der Waals surface area contributed by atoms with Crippen LogP contribution in [-0.4, -0.2) is 14.5 Å². The first-order valence-corrected chi connectivity index (χ1v) is 18.2. The van der Waals surface area contributed by atoms with Crippen LogP contribution in [0.15, 0.2) is 192 Å². The van der Waals surface area contributed by atoms with Crippen molar-refractivity contribution in [3.05, 3.63) is 188 Å². The zero-order chi connectivity index (χ0) is 35.6. The van der Waals surface area contributed by atoms with Crippen LogP contribution in [-0.2, 0) is 0 Å². The zero-order valence-corrected chi connectivity index (χ0v) is 29.1. The van der Waals surface area contributed by atoms with E-state index in [1.165, 1.54) is 5.39 Å². The van der Waals surface area contributed by atoms with E-state index in [2.05, 4.69) is 168 Å². The average molecular weight is 690 g/mol. The van der Waals surface area contributed by atoms with Gasteiger partial charge in [-0.2, -0.15) is 0 Å². The highest BCUT2D eigenvalue weighted by atomic mass is 16.3. The summed E-state index contributed by atoms with van der Waals surface area (Å²) in [5, 5.41) is 5.55. The second-order valence-electron chi connectivity index (χ2n) is 13.7. The van der Waals surface area contributed by atoms with Gasteiger partial charge in [0.2, 0.25) is 0 Å². The van der Waals surface area contributed by atoms with Crippen molar-refractivity contribution in [2.45, 2.75) is 0 Å². The molecule has 54 heavy (non-hydrogen) atoms. The quantitative estimate of drug-likeness (QED) is 0.169. The summed E-state index contributed by atoms with van der Waals surface area (Å²) >= 11 is 0. The molecule has 11 aromatic rings. The van der Waals surface area contributed by atoms with Gasteiger partial charge in [-0.3, -0.25) is 4.57 Å². The average Bonchev–Trinajstić information content (AvgIpc) is 3.82. The van der Waals surface area contributed by atoms with Gasteiger partial charge < -0.3 is 4.42 Å². The molecule has 8 aromatic carbocycles. The number of nitrogens with zero attached hydrogens (tertiary/aromatic N) is 3. The maximum Gasteiger partial charge on any atom is 0.145 e. The molecule has 0 bridgehead atoms. The smallest absolute Gasteiger partial charge is 0.145 e. The predicted molar refractivity (Wildman–Crippen MR) is 223 cm³/mol. The largest absolute Gasteiger partial charge is 0.456 e. The van der Waals surface area contributed by atoms with Crippen molar-refractivity contribution in [1.29, 1.82) is 0 Å². The molecule has 3 aromatic heterocycles. The molecule has 252 valence electrons. The van der Waals surface area contributed by atoms with Crippen LogP contribution in [0, 0.1) is 0 Å². The topological polar surface area (TPSA) is 43.9 Å². The second-order valence-corrected chi connectivity index (χ2v) is 13.7. The van der Waals surface area contributed by atoms with E-state index in [0.29, 0.717) is 0 Å². The lowest BCUT2D eigenvalue weighted by Crippen LogP contribution is -1.98. The van der Waals surface area contributed by atoms with E-state index in [1.807, 2.05) is 24.3 Å². The molecule has 0 spiro atoms. The van der Waals surface area contributed by atoms with Gasteiger partial charge in [-0.25, -0.2) is 9.97 Å². The lowest BCUT2D eigenvalue weighted by molar-refractivity contribution is 0.669. The predicted octanol–water partition coefficient (Wildman–Crippen LogP) is 13.3. The molecule has 0 aliphatic rings. The van der Waals surface area contributed by atoms with Crippen LogP contribution in [0.2, 0.25) is 0 Å². The fourth-order valence-electron chi connectivity index (χ4n) is 8.17. The van der Waals surface area contributed by atoms with Gasteiger partial charge in [-0.1, -0.05) is 140 Å². The summed E-state index contributed by atoms with van der Waals surface area (Å²) < 4.78 is 8.92. The molecule has 0 N–H and O–H groups in total. The van der Waals surface area contributed by atoms with Crippen LogP contribution < -0.4 is 0 Å². The molecule has 0 unspecified atom stereocenters. The minimum atomic E-state index is 0.848. The minimum absolute atomic E-state index is 0.848. The second kappa shape index (κ2) is 12.1. The minimum Gasteiger partial charge on any atom is -0.456 e. The maximum absolute atomic E-state index is 6.64. The third-order valence-electron chi connectivity index (χ3n) is 10.6. The van der Waals surface area contributed by atoms with Gasteiger partial charge in [0, 0.05) is 49.3 Å². The van der Waals surface area contributed by atoms with E-state index in [-0.39, 0.29) is 0 Å². The third-order valence-corrected chi connectivity index (χ3v) is 10.6.